The molecule has 0 bridgehead atoms. The summed E-state index contributed by atoms with van der Waals surface area (Å²) in [4.78, 5) is 12.1. The van der Waals surface area contributed by atoms with Crippen molar-refractivity contribution in [1.29, 1.82) is 0 Å². The Balaban J connectivity index is 2.07. The minimum absolute atomic E-state index is 0.183. The number of carbonyl (C=O) groups is 1. The van der Waals surface area contributed by atoms with Gasteiger partial charge in [0, 0.05) is 6.54 Å². The number of rotatable bonds is 4. The zero-order valence-corrected chi connectivity index (χ0v) is 12.3. The van der Waals surface area contributed by atoms with Crippen LogP contribution in [0.2, 0.25) is 5.02 Å². The minimum atomic E-state index is -1.60. The number of carbonyl (C=O) groups excluding carboxylic acids is 1. The molecule has 3 N–H and O–H groups in total. The largest absolute Gasteiger partial charge is 0.488 e. The fourth-order valence-corrected chi connectivity index (χ4v) is 2.25. The van der Waals surface area contributed by atoms with E-state index in [2.05, 4.69) is 5.32 Å². The monoisotopic (exact) mass is 303 g/mol. The highest BCUT2D eigenvalue weighted by atomic mass is 35.5. The first kappa shape index (κ1) is 15.6. The molecule has 0 fully saturated rings. The van der Waals surface area contributed by atoms with Crippen LogP contribution in [0.3, 0.4) is 0 Å². The van der Waals surface area contributed by atoms with Crippen molar-refractivity contribution < 1.29 is 14.8 Å². The molecule has 0 aromatic heterocycles. The third-order valence-electron chi connectivity index (χ3n) is 3.07. The van der Waals surface area contributed by atoms with Crippen LogP contribution in [-0.2, 0) is 6.54 Å². The summed E-state index contributed by atoms with van der Waals surface area (Å²) < 4.78 is 0. The van der Waals surface area contributed by atoms with Gasteiger partial charge in [-0.15, -0.1) is 0 Å². The fourth-order valence-electron chi connectivity index (χ4n) is 1.98. The quantitative estimate of drug-likeness (QED) is 0.745. The van der Waals surface area contributed by atoms with Crippen LogP contribution in [0.15, 0.2) is 42.5 Å². The van der Waals surface area contributed by atoms with Gasteiger partial charge in [0.2, 0.25) is 0 Å². The lowest BCUT2D eigenvalue weighted by Gasteiger charge is -2.09. The molecule has 0 aliphatic carbocycles. The van der Waals surface area contributed by atoms with Crippen LogP contribution in [-0.4, -0.2) is 23.1 Å². The van der Waals surface area contributed by atoms with E-state index in [-0.39, 0.29) is 16.4 Å². The van der Waals surface area contributed by atoms with Crippen LogP contribution in [0.1, 0.15) is 21.5 Å². The summed E-state index contributed by atoms with van der Waals surface area (Å²) in [5.41, 5.74) is 2.67. The molecule has 4 nitrogen and oxygen atoms in total. The lowest BCUT2D eigenvalue weighted by molar-refractivity contribution is 0.0951. The number of amides is 1. The first-order valence-electron chi connectivity index (χ1n) is 6.46. The van der Waals surface area contributed by atoms with Crippen molar-refractivity contribution in [3.63, 3.8) is 0 Å². The van der Waals surface area contributed by atoms with Crippen LogP contribution in [0.5, 0.6) is 0 Å². The molecule has 0 aliphatic heterocycles. The standard InChI is InChI=1S/C15H15BClNO3/c1-10-3-2-4-11(7-10)9-18-15(19)13-6-5-12(16(20)21)8-14(13)17/h2-8,20-21H,9H2,1H3,(H,18,19). The third-order valence-corrected chi connectivity index (χ3v) is 3.38. The predicted molar refractivity (Wildman–Crippen MR) is 83.6 cm³/mol. The summed E-state index contributed by atoms with van der Waals surface area (Å²) in [5.74, 6) is -0.305. The maximum Gasteiger partial charge on any atom is 0.488 e. The Morgan fingerprint density at radius 1 is 1.24 bits per heavy atom. The highest BCUT2D eigenvalue weighted by Crippen LogP contribution is 2.14. The van der Waals surface area contributed by atoms with E-state index in [4.69, 9.17) is 21.6 Å². The second-order valence-corrected chi connectivity index (χ2v) is 5.19. The third kappa shape index (κ3) is 4.08. The van der Waals surface area contributed by atoms with Gasteiger partial charge in [0.1, 0.15) is 0 Å². The van der Waals surface area contributed by atoms with Crippen molar-refractivity contribution in [2.24, 2.45) is 0 Å². The highest BCUT2D eigenvalue weighted by molar-refractivity contribution is 6.59. The lowest BCUT2D eigenvalue weighted by atomic mass is 9.80. The van der Waals surface area contributed by atoms with Crippen molar-refractivity contribution in [3.05, 3.63) is 64.2 Å². The van der Waals surface area contributed by atoms with E-state index in [0.29, 0.717) is 12.1 Å². The molecule has 0 aliphatic rings. The Bertz CT molecular complexity index is 661. The van der Waals surface area contributed by atoms with Gasteiger partial charge in [-0.05, 0) is 30.1 Å². The van der Waals surface area contributed by atoms with Gasteiger partial charge in [-0.2, -0.15) is 0 Å². The molecule has 0 spiro atoms. The molecule has 2 aromatic carbocycles. The molecule has 2 aromatic rings. The van der Waals surface area contributed by atoms with Crippen molar-refractivity contribution in [1.82, 2.24) is 5.32 Å². The van der Waals surface area contributed by atoms with Gasteiger partial charge in [-0.25, -0.2) is 0 Å². The van der Waals surface area contributed by atoms with E-state index in [1.165, 1.54) is 18.2 Å². The van der Waals surface area contributed by atoms with E-state index in [1.54, 1.807) is 0 Å². The number of aryl methyl sites for hydroxylation is 1. The van der Waals surface area contributed by atoms with Gasteiger partial charge in [0.05, 0.1) is 10.6 Å². The molecule has 0 saturated carbocycles. The van der Waals surface area contributed by atoms with Gasteiger partial charge in [0.25, 0.3) is 5.91 Å². The van der Waals surface area contributed by atoms with Crippen LogP contribution in [0.25, 0.3) is 0 Å². The molecule has 21 heavy (non-hydrogen) atoms. The zero-order chi connectivity index (χ0) is 15.4. The van der Waals surface area contributed by atoms with Gasteiger partial charge >= 0.3 is 7.12 Å². The summed E-state index contributed by atoms with van der Waals surface area (Å²) in [7, 11) is -1.60. The Morgan fingerprint density at radius 2 is 2.00 bits per heavy atom. The molecule has 0 atom stereocenters. The molecule has 6 heteroatoms. The topological polar surface area (TPSA) is 69.6 Å². The summed E-state index contributed by atoms with van der Waals surface area (Å²) in [6, 6.07) is 12.1. The van der Waals surface area contributed by atoms with Gasteiger partial charge < -0.3 is 15.4 Å². The molecule has 0 saturated heterocycles. The second-order valence-electron chi connectivity index (χ2n) is 4.78. The smallest absolute Gasteiger partial charge is 0.423 e. The molecular formula is C15H15BClNO3. The van der Waals surface area contributed by atoms with Crippen LogP contribution >= 0.6 is 11.6 Å². The summed E-state index contributed by atoms with van der Waals surface area (Å²) in [5, 5.41) is 21.1. The summed E-state index contributed by atoms with van der Waals surface area (Å²) in [6.45, 7) is 2.39. The van der Waals surface area contributed by atoms with Crippen molar-refractivity contribution in [2.75, 3.05) is 0 Å². The number of nitrogens with one attached hydrogen (secondary N) is 1. The first-order valence-corrected chi connectivity index (χ1v) is 6.84. The van der Waals surface area contributed by atoms with Gasteiger partial charge in [-0.3, -0.25) is 4.79 Å². The number of hydrogen-bond acceptors (Lipinski definition) is 3. The van der Waals surface area contributed by atoms with Gasteiger partial charge in [-0.1, -0.05) is 47.5 Å². The van der Waals surface area contributed by atoms with Crippen molar-refractivity contribution >= 4 is 30.1 Å². The molecular weight excluding hydrogens is 288 g/mol. The van der Waals surface area contributed by atoms with Crippen molar-refractivity contribution in [2.45, 2.75) is 13.5 Å². The molecule has 108 valence electrons. The zero-order valence-electron chi connectivity index (χ0n) is 11.5. The van der Waals surface area contributed by atoms with Crippen LogP contribution in [0, 0.1) is 6.92 Å². The molecule has 2 rings (SSSR count). The number of hydrogen-bond donors (Lipinski definition) is 3. The summed E-state index contributed by atoms with van der Waals surface area (Å²) >= 11 is 5.99. The van der Waals surface area contributed by atoms with E-state index >= 15 is 0 Å². The Labute approximate surface area is 128 Å². The van der Waals surface area contributed by atoms with E-state index in [0.717, 1.165) is 11.1 Å². The number of halogens is 1. The molecule has 0 unspecified atom stereocenters. The van der Waals surface area contributed by atoms with Crippen molar-refractivity contribution in [3.8, 4) is 0 Å². The maximum atomic E-state index is 12.1. The average molecular weight is 304 g/mol. The van der Waals surface area contributed by atoms with E-state index < -0.39 is 7.12 Å². The van der Waals surface area contributed by atoms with E-state index in [9.17, 15) is 4.79 Å². The number of benzene rings is 2. The highest BCUT2D eigenvalue weighted by Gasteiger charge is 2.15. The Hall–Kier alpha value is -1.82. The normalized spacial score (nSPS) is 10.3. The Kier molecular flexibility index (Phi) is 5.01. The van der Waals surface area contributed by atoms with Gasteiger partial charge in [0.15, 0.2) is 0 Å². The maximum absolute atomic E-state index is 12.1. The van der Waals surface area contributed by atoms with E-state index in [1.807, 2.05) is 31.2 Å². The first-order chi connectivity index (χ1) is 9.97. The summed E-state index contributed by atoms with van der Waals surface area (Å²) in [6.07, 6.45) is 0. The minimum Gasteiger partial charge on any atom is -0.423 e. The SMILES string of the molecule is Cc1cccc(CNC(=O)c2ccc(B(O)O)cc2Cl)c1. The van der Waals surface area contributed by atoms with Crippen LogP contribution in [0.4, 0.5) is 0 Å². The predicted octanol–water partition coefficient (Wildman–Crippen LogP) is 1.26. The lowest BCUT2D eigenvalue weighted by Crippen LogP contribution is -2.30. The molecule has 0 heterocycles. The van der Waals surface area contributed by atoms with Crippen LogP contribution < -0.4 is 10.8 Å². The molecule has 0 radical (unpaired) electrons. The Morgan fingerprint density at radius 3 is 2.62 bits per heavy atom. The second kappa shape index (κ2) is 6.76. The molecule has 1 amide bonds. The fraction of sp³-hybridized carbons (Fsp3) is 0.133. The average Bonchev–Trinajstić information content (AvgIpc) is 2.44.